The molecule has 1 aliphatic carbocycles. The molecule has 0 aromatic heterocycles. The number of hydrogen-bond donors (Lipinski definition) is 1. The van der Waals surface area contributed by atoms with Gasteiger partial charge in [0.2, 0.25) is 0 Å². The summed E-state index contributed by atoms with van der Waals surface area (Å²) in [7, 11) is 0. The third-order valence-electron chi connectivity index (χ3n) is 6.11. The van der Waals surface area contributed by atoms with Crippen LogP contribution in [0.3, 0.4) is 0 Å². The van der Waals surface area contributed by atoms with Gasteiger partial charge in [0, 0.05) is 11.1 Å². The van der Waals surface area contributed by atoms with Crippen molar-refractivity contribution < 1.29 is 19.5 Å². The Morgan fingerprint density at radius 3 is 2.31 bits per heavy atom. The van der Waals surface area contributed by atoms with E-state index in [0.717, 1.165) is 24.0 Å². The quantitative estimate of drug-likeness (QED) is 0.224. The molecule has 5 nitrogen and oxygen atoms in total. The number of rotatable bonds is 5. The summed E-state index contributed by atoms with van der Waals surface area (Å²) in [6.07, 6.45) is 3.61. The van der Waals surface area contributed by atoms with Crippen molar-refractivity contribution in [2.75, 3.05) is 13.2 Å². The summed E-state index contributed by atoms with van der Waals surface area (Å²) in [5.74, 6) is 6.37. The monoisotopic (exact) mass is 433 g/mol. The van der Waals surface area contributed by atoms with E-state index < -0.39 is 0 Å². The van der Waals surface area contributed by atoms with Gasteiger partial charge in [0.05, 0.1) is 18.4 Å². The van der Waals surface area contributed by atoms with Gasteiger partial charge < -0.3 is 14.7 Å². The lowest BCUT2D eigenvalue weighted by Gasteiger charge is -2.42. The Morgan fingerprint density at radius 2 is 1.72 bits per heavy atom. The van der Waals surface area contributed by atoms with E-state index in [1.54, 1.807) is 31.2 Å². The van der Waals surface area contributed by atoms with Crippen LogP contribution in [0.15, 0.2) is 41.6 Å². The van der Waals surface area contributed by atoms with Crippen LogP contribution >= 0.6 is 0 Å². The third-order valence-corrected chi connectivity index (χ3v) is 6.11. The van der Waals surface area contributed by atoms with E-state index in [-0.39, 0.29) is 23.4 Å². The Morgan fingerprint density at radius 1 is 1.09 bits per heavy atom. The SMILES string of the molecule is CCOC(=O)c1ccc(C#CCOc2cc3c(cc2C=NO)C(C)(C)CCC3(C)C)cc1. The molecule has 32 heavy (non-hydrogen) atoms. The molecule has 2 aromatic rings. The van der Waals surface area contributed by atoms with Gasteiger partial charge in [-0.05, 0) is 78.1 Å². The smallest absolute Gasteiger partial charge is 0.338 e. The topological polar surface area (TPSA) is 68.1 Å². The lowest BCUT2D eigenvalue weighted by atomic mass is 9.63. The minimum absolute atomic E-state index is 0.0458. The van der Waals surface area contributed by atoms with Crippen LogP contribution in [0, 0.1) is 11.8 Å². The fourth-order valence-corrected chi connectivity index (χ4v) is 4.05. The lowest BCUT2D eigenvalue weighted by Crippen LogP contribution is -2.34. The van der Waals surface area contributed by atoms with Gasteiger partial charge >= 0.3 is 5.97 Å². The van der Waals surface area contributed by atoms with Crippen molar-refractivity contribution in [1.29, 1.82) is 0 Å². The highest BCUT2D eigenvalue weighted by Gasteiger charge is 2.37. The zero-order valence-electron chi connectivity index (χ0n) is 19.5. The molecule has 0 atom stereocenters. The van der Waals surface area contributed by atoms with E-state index in [0.29, 0.717) is 17.9 Å². The number of nitrogens with zero attached hydrogens (tertiary/aromatic N) is 1. The van der Waals surface area contributed by atoms with E-state index in [1.807, 2.05) is 0 Å². The first-order chi connectivity index (χ1) is 15.2. The van der Waals surface area contributed by atoms with Crippen LogP contribution in [0.4, 0.5) is 0 Å². The molecule has 0 aliphatic heterocycles. The molecule has 0 radical (unpaired) electrons. The first-order valence-corrected chi connectivity index (χ1v) is 10.9. The van der Waals surface area contributed by atoms with Crippen LogP contribution < -0.4 is 4.74 Å². The molecular weight excluding hydrogens is 402 g/mol. The standard InChI is InChI=1S/C27H31NO4/c1-6-31-25(29)20-11-9-19(10-12-20)8-7-15-32-24-17-23-22(16-21(24)18-28-30)26(2,3)13-14-27(23,4)5/h9-12,16-18,30H,6,13-15H2,1-5H3. The second-order valence-electron chi connectivity index (χ2n) is 9.34. The highest BCUT2D eigenvalue weighted by molar-refractivity contribution is 5.89. The molecule has 168 valence electrons. The van der Waals surface area contributed by atoms with Gasteiger partial charge in [-0.25, -0.2) is 4.79 Å². The second-order valence-corrected chi connectivity index (χ2v) is 9.34. The fourth-order valence-electron chi connectivity index (χ4n) is 4.05. The van der Waals surface area contributed by atoms with Crippen LogP contribution in [0.1, 0.15) is 80.1 Å². The number of benzene rings is 2. The summed E-state index contributed by atoms with van der Waals surface area (Å²) in [6, 6.07) is 11.1. The summed E-state index contributed by atoms with van der Waals surface area (Å²) in [6.45, 7) is 11.3. The van der Waals surface area contributed by atoms with Crippen molar-refractivity contribution in [3.63, 3.8) is 0 Å². The minimum atomic E-state index is -0.341. The predicted octanol–water partition coefficient (Wildman–Crippen LogP) is 5.45. The molecule has 0 heterocycles. The molecule has 3 rings (SSSR count). The fraction of sp³-hybridized carbons (Fsp3) is 0.407. The number of esters is 1. The van der Waals surface area contributed by atoms with E-state index >= 15 is 0 Å². The summed E-state index contributed by atoms with van der Waals surface area (Å²) in [4.78, 5) is 11.7. The first kappa shape index (κ1) is 23.4. The van der Waals surface area contributed by atoms with Gasteiger partial charge in [0.25, 0.3) is 0 Å². The first-order valence-electron chi connectivity index (χ1n) is 10.9. The van der Waals surface area contributed by atoms with Crippen molar-refractivity contribution in [2.45, 2.75) is 58.3 Å². The predicted molar refractivity (Wildman–Crippen MR) is 126 cm³/mol. The van der Waals surface area contributed by atoms with Gasteiger partial charge in [-0.2, -0.15) is 0 Å². The number of ether oxygens (including phenoxy) is 2. The van der Waals surface area contributed by atoms with Gasteiger partial charge in [-0.1, -0.05) is 44.7 Å². The lowest BCUT2D eigenvalue weighted by molar-refractivity contribution is 0.0526. The summed E-state index contributed by atoms with van der Waals surface area (Å²) < 4.78 is 11.0. The number of carbonyl (C=O) groups is 1. The van der Waals surface area contributed by atoms with Crippen molar-refractivity contribution in [2.24, 2.45) is 5.16 Å². The average molecular weight is 434 g/mol. The number of oxime groups is 1. The Balaban J connectivity index is 1.79. The van der Waals surface area contributed by atoms with Crippen LogP contribution in [-0.2, 0) is 15.6 Å². The Labute approximate surface area is 190 Å². The summed E-state index contributed by atoms with van der Waals surface area (Å²) in [5, 5.41) is 12.4. The van der Waals surface area contributed by atoms with Crippen molar-refractivity contribution in [3.05, 3.63) is 64.2 Å². The Hall–Kier alpha value is -3.26. The van der Waals surface area contributed by atoms with E-state index in [1.165, 1.54) is 17.3 Å². The maximum atomic E-state index is 11.7. The van der Waals surface area contributed by atoms with Crippen LogP contribution in [0.25, 0.3) is 0 Å². The number of fused-ring (bicyclic) bond motifs is 1. The zero-order valence-corrected chi connectivity index (χ0v) is 19.5. The molecule has 0 saturated carbocycles. The van der Waals surface area contributed by atoms with Crippen molar-refractivity contribution in [1.82, 2.24) is 0 Å². The largest absolute Gasteiger partial charge is 0.480 e. The molecule has 2 aromatic carbocycles. The van der Waals surface area contributed by atoms with Crippen LogP contribution in [0.2, 0.25) is 0 Å². The molecule has 0 saturated heterocycles. The molecule has 0 unspecified atom stereocenters. The maximum Gasteiger partial charge on any atom is 0.338 e. The molecule has 0 fully saturated rings. The molecular formula is C27H31NO4. The highest BCUT2D eigenvalue weighted by atomic mass is 16.5. The van der Waals surface area contributed by atoms with Crippen LogP contribution in [0.5, 0.6) is 5.75 Å². The molecule has 0 amide bonds. The Bertz CT molecular complexity index is 1070. The van der Waals surface area contributed by atoms with Gasteiger partial charge in [-0.3, -0.25) is 0 Å². The van der Waals surface area contributed by atoms with Gasteiger partial charge in [0.1, 0.15) is 12.4 Å². The van der Waals surface area contributed by atoms with E-state index in [9.17, 15) is 4.79 Å². The maximum absolute atomic E-state index is 11.7. The molecule has 1 N–H and O–H groups in total. The van der Waals surface area contributed by atoms with Gasteiger partial charge in [-0.15, -0.1) is 0 Å². The number of hydrogen-bond acceptors (Lipinski definition) is 5. The number of carbonyl (C=O) groups excluding carboxylic acids is 1. The molecule has 1 aliphatic rings. The molecule has 0 bridgehead atoms. The minimum Gasteiger partial charge on any atom is -0.480 e. The molecule has 5 heteroatoms. The molecule has 0 spiro atoms. The van der Waals surface area contributed by atoms with Crippen LogP contribution in [-0.4, -0.2) is 30.6 Å². The normalized spacial score (nSPS) is 16.0. The van der Waals surface area contributed by atoms with Crippen molar-refractivity contribution >= 4 is 12.2 Å². The van der Waals surface area contributed by atoms with E-state index in [2.05, 4.69) is 56.8 Å². The Kier molecular flexibility index (Phi) is 6.93. The third kappa shape index (κ3) is 5.13. The van der Waals surface area contributed by atoms with Crippen molar-refractivity contribution in [3.8, 4) is 17.6 Å². The highest BCUT2D eigenvalue weighted by Crippen LogP contribution is 2.47. The van der Waals surface area contributed by atoms with Gasteiger partial charge in [0.15, 0.2) is 0 Å². The average Bonchev–Trinajstić information content (AvgIpc) is 2.76. The zero-order chi connectivity index (χ0) is 23.4. The second kappa shape index (κ2) is 9.48. The summed E-state index contributed by atoms with van der Waals surface area (Å²) in [5.41, 5.74) is 4.65. The summed E-state index contributed by atoms with van der Waals surface area (Å²) >= 11 is 0. The van der Waals surface area contributed by atoms with E-state index in [4.69, 9.17) is 14.7 Å².